The van der Waals surface area contributed by atoms with Gasteiger partial charge in [-0.15, -0.1) is 0 Å². The minimum Gasteiger partial charge on any atom is -0.313 e. The normalized spacial score (nSPS) is 23.5. The first-order chi connectivity index (χ1) is 9.15. The summed E-state index contributed by atoms with van der Waals surface area (Å²) in [5, 5.41) is 3.62. The summed E-state index contributed by atoms with van der Waals surface area (Å²) >= 11 is 0. The predicted molar refractivity (Wildman–Crippen MR) is 83.4 cm³/mol. The summed E-state index contributed by atoms with van der Waals surface area (Å²) in [4.78, 5) is 0. The average molecular weight is 259 g/mol. The fraction of sp³-hybridized carbons (Fsp3) is 0.667. The van der Waals surface area contributed by atoms with E-state index in [9.17, 15) is 0 Å². The lowest BCUT2D eigenvalue weighted by molar-refractivity contribution is 0.267. The molecule has 1 aromatic rings. The maximum atomic E-state index is 3.62. The van der Waals surface area contributed by atoms with Gasteiger partial charge in [0.25, 0.3) is 0 Å². The van der Waals surface area contributed by atoms with E-state index in [1.165, 1.54) is 55.3 Å². The van der Waals surface area contributed by atoms with Crippen LogP contribution in [-0.2, 0) is 6.54 Å². The van der Waals surface area contributed by atoms with Gasteiger partial charge >= 0.3 is 0 Å². The van der Waals surface area contributed by atoms with Crippen molar-refractivity contribution < 1.29 is 0 Å². The zero-order valence-corrected chi connectivity index (χ0v) is 12.8. The van der Waals surface area contributed by atoms with Crippen molar-refractivity contribution in [1.82, 2.24) is 5.32 Å². The summed E-state index contributed by atoms with van der Waals surface area (Å²) in [5.41, 5.74) is 4.22. The standard InChI is InChI=1S/C18H29N/c1-14-5-4-6-17(12-14)9-10-19-13-18-8-7-15(2)11-16(18)3/h7-8,11,14,17,19H,4-6,9-10,12-13H2,1-3H3. The van der Waals surface area contributed by atoms with Gasteiger partial charge in [-0.05, 0) is 56.2 Å². The molecule has 1 nitrogen and oxygen atoms in total. The second-order valence-electron chi connectivity index (χ2n) is 6.53. The van der Waals surface area contributed by atoms with Crippen LogP contribution in [0.5, 0.6) is 0 Å². The maximum absolute atomic E-state index is 3.62. The SMILES string of the molecule is Cc1ccc(CNCCC2CCCC(C)C2)c(C)c1. The van der Waals surface area contributed by atoms with E-state index in [0.717, 1.165) is 18.4 Å². The highest BCUT2D eigenvalue weighted by molar-refractivity contribution is 5.30. The van der Waals surface area contributed by atoms with Crippen molar-refractivity contribution in [2.45, 2.75) is 59.4 Å². The third-order valence-corrected chi connectivity index (χ3v) is 4.59. The molecule has 1 fully saturated rings. The van der Waals surface area contributed by atoms with E-state index >= 15 is 0 Å². The lowest BCUT2D eigenvalue weighted by Crippen LogP contribution is -2.21. The Kier molecular flexibility index (Phi) is 5.45. The summed E-state index contributed by atoms with van der Waals surface area (Å²) in [5.74, 6) is 1.92. The Balaban J connectivity index is 1.69. The van der Waals surface area contributed by atoms with E-state index in [-0.39, 0.29) is 0 Å². The Hall–Kier alpha value is -0.820. The van der Waals surface area contributed by atoms with Crippen molar-refractivity contribution in [1.29, 1.82) is 0 Å². The van der Waals surface area contributed by atoms with Crippen LogP contribution in [0.2, 0.25) is 0 Å². The third kappa shape index (κ3) is 4.65. The Bertz CT molecular complexity index is 397. The van der Waals surface area contributed by atoms with Crippen molar-refractivity contribution in [2.75, 3.05) is 6.54 Å². The lowest BCUT2D eigenvalue weighted by Gasteiger charge is -2.26. The molecular weight excluding hydrogens is 230 g/mol. The highest BCUT2D eigenvalue weighted by Crippen LogP contribution is 2.30. The molecule has 0 spiro atoms. The first kappa shape index (κ1) is 14.6. The van der Waals surface area contributed by atoms with Crippen LogP contribution in [-0.4, -0.2) is 6.54 Å². The summed E-state index contributed by atoms with van der Waals surface area (Å²) in [6.07, 6.45) is 7.16. The molecule has 0 radical (unpaired) electrons. The first-order valence-corrected chi connectivity index (χ1v) is 7.92. The zero-order valence-electron chi connectivity index (χ0n) is 12.8. The number of rotatable bonds is 5. The van der Waals surface area contributed by atoms with Crippen LogP contribution in [0, 0.1) is 25.7 Å². The smallest absolute Gasteiger partial charge is 0.0208 e. The lowest BCUT2D eigenvalue weighted by atomic mass is 9.81. The van der Waals surface area contributed by atoms with Crippen molar-refractivity contribution >= 4 is 0 Å². The molecule has 1 aliphatic rings. The van der Waals surface area contributed by atoms with E-state index in [2.05, 4.69) is 44.3 Å². The molecule has 1 saturated carbocycles. The number of hydrogen-bond donors (Lipinski definition) is 1. The van der Waals surface area contributed by atoms with E-state index in [4.69, 9.17) is 0 Å². The second kappa shape index (κ2) is 7.09. The van der Waals surface area contributed by atoms with Gasteiger partial charge in [0.05, 0.1) is 0 Å². The molecule has 0 amide bonds. The van der Waals surface area contributed by atoms with Crippen LogP contribution in [0.4, 0.5) is 0 Å². The van der Waals surface area contributed by atoms with Crippen LogP contribution in [0.15, 0.2) is 18.2 Å². The number of benzene rings is 1. The average Bonchev–Trinajstić information content (AvgIpc) is 2.37. The number of hydrogen-bond acceptors (Lipinski definition) is 1. The van der Waals surface area contributed by atoms with Crippen LogP contribution >= 0.6 is 0 Å². The molecule has 106 valence electrons. The molecule has 0 aliphatic heterocycles. The summed E-state index contributed by atoms with van der Waals surface area (Å²) in [6, 6.07) is 6.76. The van der Waals surface area contributed by atoms with Crippen LogP contribution in [0.25, 0.3) is 0 Å². The van der Waals surface area contributed by atoms with Gasteiger partial charge in [0.15, 0.2) is 0 Å². The summed E-state index contributed by atoms with van der Waals surface area (Å²) in [6.45, 7) is 8.98. The fourth-order valence-electron chi connectivity index (χ4n) is 3.40. The zero-order chi connectivity index (χ0) is 13.7. The molecule has 2 atom stereocenters. The van der Waals surface area contributed by atoms with Gasteiger partial charge in [-0.3, -0.25) is 0 Å². The monoisotopic (exact) mass is 259 g/mol. The molecule has 1 aromatic carbocycles. The summed E-state index contributed by atoms with van der Waals surface area (Å²) in [7, 11) is 0. The minimum atomic E-state index is 0.957. The molecule has 1 N–H and O–H groups in total. The highest BCUT2D eigenvalue weighted by Gasteiger charge is 2.18. The number of aryl methyl sites for hydroxylation is 2. The van der Waals surface area contributed by atoms with Crippen LogP contribution in [0.3, 0.4) is 0 Å². The molecule has 2 rings (SSSR count). The van der Waals surface area contributed by atoms with Crippen molar-refractivity contribution in [3.63, 3.8) is 0 Å². The second-order valence-corrected chi connectivity index (χ2v) is 6.53. The highest BCUT2D eigenvalue weighted by atomic mass is 14.8. The van der Waals surface area contributed by atoms with Gasteiger partial charge in [-0.25, -0.2) is 0 Å². The predicted octanol–water partition coefficient (Wildman–Crippen LogP) is 4.61. The van der Waals surface area contributed by atoms with Gasteiger partial charge < -0.3 is 5.32 Å². The molecular formula is C18H29N. The molecule has 2 unspecified atom stereocenters. The molecule has 0 aromatic heterocycles. The Labute approximate surface area is 118 Å². The van der Waals surface area contributed by atoms with Gasteiger partial charge in [0.2, 0.25) is 0 Å². The Morgan fingerprint density at radius 3 is 2.79 bits per heavy atom. The molecule has 0 bridgehead atoms. The Morgan fingerprint density at radius 2 is 2.05 bits per heavy atom. The molecule has 1 heteroatoms. The Morgan fingerprint density at radius 1 is 1.21 bits per heavy atom. The number of nitrogens with one attached hydrogen (secondary N) is 1. The summed E-state index contributed by atoms with van der Waals surface area (Å²) < 4.78 is 0. The minimum absolute atomic E-state index is 0.957. The topological polar surface area (TPSA) is 12.0 Å². The maximum Gasteiger partial charge on any atom is 0.0208 e. The first-order valence-electron chi connectivity index (χ1n) is 7.92. The van der Waals surface area contributed by atoms with E-state index in [1.807, 2.05) is 0 Å². The van der Waals surface area contributed by atoms with Crippen molar-refractivity contribution in [3.8, 4) is 0 Å². The van der Waals surface area contributed by atoms with Gasteiger partial charge in [0, 0.05) is 6.54 Å². The van der Waals surface area contributed by atoms with Gasteiger partial charge in [-0.1, -0.05) is 49.9 Å². The van der Waals surface area contributed by atoms with Crippen molar-refractivity contribution in [2.24, 2.45) is 11.8 Å². The van der Waals surface area contributed by atoms with Crippen LogP contribution in [0.1, 0.15) is 55.7 Å². The molecule has 1 aliphatic carbocycles. The van der Waals surface area contributed by atoms with E-state index in [0.29, 0.717) is 0 Å². The molecule has 0 heterocycles. The van der Waals surface area contributed by atoms with Gasteiger partial charge in [-0.2, -0.15) is 0 Å². The quantitative estimate of drug-likeness (QED) is 0.761. The van der Waals surface area contributed by atoms with Gasteiger partial charge in [0.1, 0.15) is 0 Å². The fourth-order valence-corrected chi connectivity index (χ4v) is 3.40. The van der Waals surface area contributed by atoms with Crippen molar-refractivity contribution in [3.05, 3.63) is 34.9 Å². The van der Waals surface area contributed by atoms with E-state index in [1.54, 1.807) is 0 Å². The largest absolute Gasteiger partial charge is 0.313 e. The van der Waals surface area contributed by atoms with Crippen LogP contribution < -0.4 is 5.32 Å². The molecule has 19 heavy (non-hydrogen) atoms. The molecule has 0 saturated heterocycles. The van der Waals surface area contributed by atoms with E-state index < -0.39 is 0 Å². The third-order valence-electron chi connectivity index (χ3n) is 4.59.